The molecule has 1 aromatic carbocycles. The maximum Gasteiger partial charge on any atom is 0.0951 e. The molecule has 1 atom stereocenters. The second-order valence-electron chi connectivity index (χ2n) is 4.69. The number of ether oxygens (including phenoxy) is 1. The summed E-state index contributed by atoms with van der Waals surface area (Å²) < 4.78 is 5.80. The summed E-state index contributed by atoms with van der Waals surface area (Å²) in [4.78, 5) is 0. The zero-order valence-electron chi connectivity index (χ0n) is 11.4. The molecule has 3 rings (SSSR count). The summed E-state index contributed by atoms with van der Waals surface area (Å²) >= 11 is 0. The Labute approximate surface area is 125 Å². The van der Waals surface area contributed by atoms with Gasteiger partial charge >= 0.3 is 0 Å². The largest absolute Gasteiger partial charge is 0.372 e. The van der Waals surface area contributed by atoms with Crippen molar-refractivity contribution in [3.8, 4) is 11.3 Å². The first kappa shape index (κ1) is 14.9. The summed E-state index contributed by atoms with van der Waals surface area (Å²) in [6.07, 6.45) is 2.81. The van der Waals surface area contributed by atoms with Crippen LogP contribution in [0.3, 0.4) is 0 Å². The monoisotopic (exact) mass is 291 g/mol. The summed E-state index contributed by atoms with van der Waals surface area (Å²) in [6.45, 7) is 1.63. The van der Waals surface area contributed by atoms with Crippen LogP contribution in [0, 0.1) is 0 Å². The number of nitrogens with one attached hydrogen (secondary N) is 1. The van der Waals surface area contributed by atoms with Gasteiger partial charge in [0, 0.05) is 18.3 Å². The first-order valence-corrected chi connectivity index (χ1v) is 6.55. The molecule has 1 aromatic heterocycles. The van der Waals surface area contributed by atoms with Crippen molar-refractivity contribution in [3.63, 3.8) is 0 Å². The van der Waals surface area contributed by atoms with Crippen LogP contribution in [-0.2, 0) is 11.2 Å². The van der Waals surface area contributed by atoms with Gasteiger partial charge in [-0.25, -0.2) is 0 Å². The molecule has 0 saturated heterocycles. The van der Waals surface area contributed by atoms with Crippen LogP contribution in [0.2, 0.25) is 0 Å². The lowest BCUT2D eigenvalue weighted by atomic mass is 9.94. The topological polar surface area (TPSA) is 47.0 Å². The molecule has 5 heteroatoms. The molecule has 0 unspecified atom stereocenters. The average Bonchev–Trinajstić information content (AvgIpc) is 2.48. The highest BCUT2D eigenvalue weighted by Gasteiger charge is 2.20. The fraction of sp³-hybridized carbons (Fsp3) is 0.333. The Hall–Kier alpha value is -1.49. The molecule has 0 radical (unpaired) electrons. The van der Waals surface area contributed by atoms with Crippen LogP contribution in [-0.4, -0.2) is 30.4 Å². The van der Waals surface area contributed by atoms with Gasteiger partial charge in [0.2, 0.25) is 0 Å². The Morgan fingerprint density at radius 3 is 3.00 bits per heavy atom. The van der Waals surface area contributed by atoms with E-state index >= 15 is 0 Å². The minimum atomic E-state index is 0. The molecule has 0 spiro atoms. The Kier molecular flexibility index (Phi) is 5.06. The van der Waals surface area contributed by atoms with Crippen molar-refractivity contribution in [2.75, 3.05) is 20.2 Å². The van der Waals surface area contributed by atoms with Crippen LogP contribution in [0.1, 0.15) is 17.2 Å². The van der Waals surface area contributed by atoms with Gasteiger partial charge in [0.1, 0.15) is 0 Å². The minimum Gasteiger partial charge on any atom is -0.372 e. The summed E-state index contributed by atoms with van der Waals surface area (Å²) in [5.41, 5.74) is 4.68. The van der Waals surface area contributed by atoms with Gasteiger partial charge in [-0.15, -0.1) is 12.4 Å². The first-order valence-electron chi connectivity index (χ1n) is 6.55. The van der Waals surface area contributed by atoms with Crippen molar-refractivity contribution >= 4 is 12.4 Å². The van der Waals surface area contributed by atoms with Crippen molar-refractivity contribution < 1.29 is 4.74 Å². The van der Waals surface area contributed by atoms with E-state index < -0.39 is 0 Å². The lowest BCUT2D eigenvalue weighted by molar-refractivity contribution is 0.0439. The van der Waals surface area contributed by atoms with Gasteiger partial charge in [0.15, 0.2) is 0 Å². The van der Waals surface area contributed by atoms with Gasteiger partial charge < -0.3 is 10.1 Å². The van der Waals surface area contributed by atoms with E-state index in [-0.39, 0.29) is 18.5 Å². The van der Waals surface area contributed by atoms with Gasteiger partial charge in [-0.05, 0) is 42.8 Å². The number of aromatic nitrogens is 2. The van der Waals surface area contributed by atoms with E-state index in [9.17, 15) is 0 Å². The van der Waals surface area contributed by atoms with E-state index in [1.54, 1.807) is 6.20 Å². The Morgan fingerprint density at radius 1 is 1.35 bits per heavy atom. The smallest absolute Gasteiger partial charge is 0.0951 e. The Bertz CT molecular complexity index is 562. The molecular weight excluding hydrogens is 274 g/mol. The molecule has 0 aliphatic carbocycles. The molecule has 0 saturated carbocycles. The van der Waals surface area contributed by atoms with Crippen LogP contribution in [0.4, 0.5) is 0 Å². The van der Waals surface area contributed by atoms with Gasteiger partial charge in [-0.1, -0.05) is 12.1 Å². The van der Waals surface area contributed by atoms with E-state index in [0.29, 0.717) is 0 Å². The molecule has 1 N–H and O–H groups in total. The van der Waals surface area contributed by atoms with E-state index in [1.165, 1.54) is 11.1 Å². The summed E-state index contributed by atoms with van der Waals surface area (Å²) in [5, 5.41) is 11.3. The van der Waals surface area contributed by atoms with Crippen LogP contribution in [0.15, 0.2) is 36.5 Å². The molecule has 20 heavy (non-hydrogen) atoms. The van der Waals surface area contributed by atoms with Crippen molar-refractivity contribution in [3.05, 3.63) is 47.7 Å². The third kappa shape index (κ3) is 2.98. The number of benzene rings is 1. The number of nitrogens with zero attached hydrogens (tertiary/aromatic N) is 2. The molecular formula is C15H18ClN3O. The minimum absolute atomic E-state index is 0. The highest BCUT2D eigenvalue weighted by molar-refractivity contribution is 5.85. The normalized spacial score (nSPS) is 17.1. The molecule has 106 valence electrons. The van der Waals surface area contributed by atoms with Crippen LogP contribution < -0.4 is 5.32 Å². The third-order valence-corrected chi connectivity index (χ3v) is 3.44. The zero-order valence-corrected chi connectivity index (χ0v) is 12.2. The quantitative estimate of drug-likeness (QED) is 0.943. The van der Waals surface area contributed by atoms with Gasteiger partial charge in [-0.2, -0.15) is 10.2 Å². The van der Waals surface area contributed by atoms with Gasteiger partial charge in [-0.3, -0.25) is 0 Å². The van der Waals surface area contributed by atoms with Crippen LogP contribution >= 0.6 is 12.4 Å². The summed E-state index contributed by atoms with van der Waals surface area (Å²) in [6, 6.07) is 10.4. The van der Waals surface area contributed by atoms with Gasteiger partial charge in [0.05, 0.1) is 18.4 Å². The van der Waals surface area contributed by atoms with Crippen molar-refractivity contribution in [1.29, 1.82) is 0 Å². The first-order chi connectivity index (χ1) is 9.38. The lowest BCUT2D eigenvalue weighted by Crippen LogP contribution is -2.25. The molecule has 1 aliphatic heterocycles. The molecule has 0 bridgehead atoms. The van der Waals surface area contributed by atoms with E-state index in [4.69, 9.17) is 4.74 Å². The number of halogens is 1. The number of hydrogen-bond donors (Lipinski definition) is 1. The fourth-order valence-electron chi connectivity index (χ4n) is 2.51. The molecule has 0 amide bonds. The van der Waals surface area contributed by atoms with Gasteiger partial charge in [0.25, 0.3) is 0 Å². The Morgan fingerprint density at radius 2 is 2.25 bits per heavy atom. The van der Waals surface area contributed by atoms with E-state index in [0.717, 1.165) is 30.8 Å². The second kappa shape index (κ2) is 6.79. The van der Waals surface area contributed by atoms with Crippen molar-refractivity contribution in [2.45, 2.75) is 12.5 Å². The maximum absolute atomic E-state index is 5.80. The number of likely N-dealkylation sites (N-methyl/N-ethyl adjacent to an activating group) is 1. The summed E-state index contributed by atoms with van der Waals surface area (Å²) in [5.74, 6) is 0. The molecule has 1 aliphatic rings. The Balaban J connectivity index is 0.00000147. The van der Waals surface area contributed by atoms with Crippen molar-refractivity contribution in [2.24, 2.45) is 0 Å². The highest BCUT2D eigenvalue weighted by atomic mass is 35.5. The number of rotatable bonds is 3. The average molecular weight is 292 g/mol. The zero-order chi connectivity index (χ0) is 13.1. The van der Waals surface area contributed by atoms with Crippen LogP contribution in [0.5, 0.6) is 0 Å². The summed E-state index contributed by atoms with van der Waals surface area (Å²) in [7, 11) is 1.95. The van der Waals surface area contributed by atoms with Crippen molar-refractivity contribution in [1.82, 2.24) is 15.5 Å². The number of fused-ring (bicyclic) bond motifs is 1. The predicted octanol–water partition coefficient (Wildman–Crippen LogP) is 2.40. The SMILES string of the molecule is CNC[C@@H]1OCCc2cc(-c3cccnn3)ccc21.Cl. The highest BCUT2D eigenvalue weighted by Crippen LogP contribution is 2.29. The predicted molar refractivity (Wildman–Crippen MR) is 81.0 cm³/mol. The molecule has 0 fully saturated rings. The standard InChI is InChI=1S/C15H17N3O.ClH/c1-16-10-15-13-5-4-12(9-11(13)6-8-19-15)14-3-2-7-17-18-14;/h2-5,7,9,15-16H,6,8,10H2,1H3;1H/t15-;/m0./s1. The second-order valence-corrected chi connectivity index (χ2v) is 4.69. The number of hydrogen-bond acceptors (Lipinski definition) is 4. The molecule has 2 aromatic rings. The third-order valence-electron chi connectivity index (χ3n) is 3.44. The lowest BCUT2D eigenvalue weighted by Gasteiger charge is -2.26. The molecule has 2 heterocycles. The molecule has 4 nitrogen and oxygen atoms in total. The van der Waals surface area contributed by atoms with E-state index in [2.05, 4.69) is 33.7 Å². The van der Waals surface area contributed by atoms with E-state index in [1.807, 2.05) is 19.2 Å². The fourth-order valence-corrected chi connectivity index (χ4v) is 2.51. The maximum atomic E-state index is 5.80. The van der Waals surface area contributed by atoms with Crippen LogP contribution in [0.25, 0.3) is 11.3 Å².